The fourth-order valence-electron chi connectivity index (χ4n) is 3.13. The van der Waals surface area contributed by atoms with Crippen LogP contribution in [-0.2, 0) is 5.54 Å². The Balaban J connectivity index is 2.19. The molecule has 0 saturated heterocycles. The van der Waals surface area contributed by atoms with Gasteiger partial charge in [-0.2, -0.15) is 0 Å². The second kappa shape index (κ2) is 8.79. The predicted molar refractivity (Wildman–Crippen MR) is 116 cm³/mol. The maximum atomic E-state index is 12.0. The summed E-state index contributed by atoms with van der Waals surface area (Å²) in [6.45, 7) is 16.1. The number of amides is 1. The van der Waals surface area contributed by atoms with Crippen molar-refractivity contribution in [2.75, 3.05) is 13.2 Å². The third-order valence-electron chi connectivity index (χ3n) is 4.89. The van der Waals surface area contributed by atoms with Crippen molar-refractivity contribution in [1.29, 1.82) is 0 Å². The zero-order valence-corrected chi connectivity index (χ0v) is 17.2. The molecular formula is C24H29NO3. The van der Waals surface area contributed by atoms with E-state index in [4.69, 9.17) is 4.74 Å². The number of carbonyl (C=O) groups is 1. The Labute approximate surface area is 167 Å². The largest absolute Gasteiger partial charge is 0.491 e. The van der Waals surface area contributed by atoms with E-state index in [1.807, 2.05) is 76.2 Å². The van der Waals surface area contributed by atoms with Gasteiger partial charge in [-0.05, 0) is 56.5 Å². The van der Waals surface area contributed by atoms with E-state index in [0.29, 0.717) is 5.75 Å². The van der Waals surface area contributed by atoms with Gasteiger partial charge in [-0.1, -0.05) is 55.1 Å². The quantitative estimate of drug-likeness (QED) is 0.608. The summed E-state index contributed by atoms with van der Waals surface area (Å²) in [7, 11) is 0. The SMILES string of the molecule is C=C(C)c1cccc(C(C)(C)N(CCOc2ccccc2C(=C)C)C(=O)O)c1. The molecule has 0 aliphatic carbocycles. The standard InChI is InChI=1S/C24H29NO3/c1-17(2)19-10-9-11-20(16-19)24(5,6)25(23(26)27)14-15-28-22-13-8-7-12-21(22)18(3)4/h7-13,16H,1,3,14-15H2,2,4-6H3,(H,26,27). The van der Waals surface area contributed by atoms with Crippen molar-refractivity contribution >= 4 is 17.2 Å². The van der Waals surface area contributed by atoms with Crippen LogP contribution < -0.4 is 4.74 Å². The summed E-state index contributed by atoms with van der Waals surface area (Å²) < 4.78 is 5.89. The van der Waals surface area contributed by atoms with E-state index in [2.05, 4.69) is 13.2 Å². The fourth-order valence-corrected chi connectivity index (χ4v) is 3.13. The molecule has 0 saturated carbocycles. The molecule has 0 radical (unpaired) electrons. The fraction of sp³-hybridized carbons (Fsp3) is 0.292. The van der Waals surface area contributed by atoms with Crippen molar-refractivity contribution in [3.63, 3.8) is 0 Å². The molecule has 0 bridgehead atoms. The summed E-state index contributed by atoms with van der Waals surface area (Å²) in [5, 5.41) is 9.83. The molecule has 0 heterocycles. The summed E-state index contributed by atoms with van der Waals surface area (Å²) >= 11 is 0. The molecule has 1 amide bonds. The Morgan fingerprint density at radius 3 is 2.36 bits per heavy atom. The molecule has 0 atom stereocenters. The summed E-state index contributed by atoms with van der Waals surface area (Å²) in [6, 6.07) is 15.5. The molecule has 0 aromatic heterocycles. The number of rotatable bonds is 8. The lowest BCUT2D eigenvalue weighted by molar-refractivity contribution is 0.0801. The zero-order valence-electron chi connectivity index (χ0n) is 17.2. The molecule has 28 heavy (non-hydrogen) atoms. The van der Waals surface area contributed by atoms with Crippen molar-refractivity contribution in [3.05, 3.63) is 78.4 Å². The number of carboxylic acid groups (broad SMARTS) is 1. The smallest absolute Gasteiger partial charge is 0.408 e. The van der Waals surface area contributed by atoms with Crippen molar-refractivity contribution in [1.82, 2.24) is 4.90 Å². The molecule has 2 aromatic carbocycles. The van der Waals surface area contributed by atoms with Crippen LogP contribution in [0.15, 0.2) is 61.7 Å². The van der Waals surface area contributed by atoms with Gasteiger partial charge in [0.2, 0.25) is 0 Å². The van der Waals surface area contributed by atoms with Gasteiger partial charge in [0.05, 0.1) is 12.1 Å². The Kier molecular flexibility index (Phi) is 6.68. The Morgan fingerprint density at radius 2 is 1.75 bits per heavy atom. The first-order valence-electron chi connectivity index (χ1n) is 9.29. The lowest BCUT2D eigenvalue weighted by Gasteiger charge is -2.37. The van der Waals surface area contributed by atoms with Crippen LogP contribution in [0.1, 0.15) is 44.4 Å². The Bertz CT molecular complexity index is 883. The highest BCUT2D eigenvalue weighted by atomic mass is 16.5. The molecule has 2 aromatic rings. The van der Waals surface area contributed by atoms with Gasteiger partial charge in [-0.15, -0.1) is 0 Å². The van der Waals surface area contributed by atoms with E-state index in [1.54, 1.807) is 0 Å². The van der Waals surface area contributed by atoms with Crippen LogP contribution in [0.3, 0.4) is 0 Å². The minimum atomic E-state index is -0.984. The number of hydrogen-bond acceptors (Lipinski definition) is 2. The van der Waals surface area contributed by atoms with E-state index in [9.17, 15) is 9.90 Å². The minimum absolute atomic E-state index is 0.240. The summed E-state index contributed by atoms with van der Waals surface area (Å²) in [5.74, 6) is 0.711. The first kappa shape index (κ1) is 21.3. The van der Waals surface area contributed by atoms with E-state index < -0.39 is 11.6 Å². The van der Waals surface area contributed by atoms with Crippen molar-refractivity contribution in [3.8, 4) is 5.75 Å². The average molecular weight is 380 g/mol. The van der Waals surface area contributed by atoms with Crippen LogP contribution in [0.4, 0.5) is 4.79 Å². The normalized spacial score (nSPS) is 11.0. The summed E-state index contributed by atoms with van der Waals surface area (Å²) in [6.07, 6.45) is -0.984. The zero-order chi connectivity index (χ0) is 20.9. The first-order chi connectivity index (χ1) is 13.1. The van der Waals surface area contributed by atoms with Gasteiger partial charge in [-0.25, -0.2) is 4.79 Å². The number of hydrogen-bond donors (Lipinski definition) is 1. The Hall–Kier alpha value is -3.01. The van der Waals surface area contributed by atoms with Crippen molar-refractivity contribution in [2.24, 2.45) is 0 Å². The van der Waals surface area contributed by atoms with Crippen LogP contribution in [-0.4, -0.2) is 29.3 Å². The van der Waals surface area contributed by atoms with Gasteiger partial charge in [0.1, 0.15) is 12.4 Å². The molecule has 0 aliphatic rings. The minimum Gasteiger partial charge on any atom is -0.491 e. The third kappa shape index (κ3) is 4.83. The average Bonchev–Trinajstić information content (AvgIpc) is 2.65. The number of nitrogens with zero attached hydrogens (tertiary/aromatic N) is 1. The molecule has 148 valence electrons. The molecule has 0 spiro atoms. The molecule has 1 N–H and O–H groups in total. The van der Waals surface area contributed by atoms with Crippen molar-refractivity contribution in [2.45, 2.75) is 33.2 Å². The lowest BCUT2D eigenvalue weighted by Crippen LogP contribution is -2.47. The molecule has 0 unspecified atom stereocenters. The van der Waals surface area contributed by atoms with E-state index in [-0.39, 0.29) is 13.2 Å². The van der Waals surface area contributed by atoms with Crippen LogP contribution in [0.25, 0.3) is 11.1 Å². The number of allylic oxidation sites excluding steroid dienone is 2. The van der Waals surface area contributed by atoms with Crippen LogP contribution >= 0.6 is 0 Å². The number of benzene rings is 2. The second-order valence-electron chi connectivity index (χ2n) is 7.48. The van der Waals surface area contributed by atoms with E-state index >= 15 is 0 Å². The summed E-state index contributed by atoms with van der Waals surface area (Å²) in [4.78, 5) is 13.4. The third-order valence-corrected chi connectivity index (χ3v) is 4.89. The van der Waals surface area contributed by atoms with Gasteiger partial charge in [-0.3, -0.25) is 4.90 Å². The topological polar surface area (TPSA) is 49.8 Å². The molecule has 2 rings (SSSR count). The highest BCUT2D eigenvalue weighted by Crippen LogP contribution is 2.30. The Morgan fingerprint density at radius 1 is 1.07 bits per heavy atom. The van der Waals surface area contributed by atoms with E-state index in [1.165, 1.54) is 4.90 Å². The van der Waals surface area contributed by atoms with Gasteiger partial charge in [0, 0.05) is 5.56 Å². The van der Waals surface area contributed by atoms with Gasteiger partial charge >= 0.3 is 6.09 Å². The molecule has 0 fully saturated rings. The van der Waals surface area contributed by atoms with Crippen molar-refractivity contribution < 1.29 is 14.6 Å². The molecular weight excluding hydrogens is 350 g/mol. The highest BCUT2D eigenvalue weighted by molar-refractivity contribution is 5.68. The first-order valence-corrected chi connectivity index (χ1v) is 9.29. The predicted octanol–water partition coefficient (Wildman–Crippen LogP) is 6.05. The molecule has 4 nitrogen and oxygen atoms in total. The van der Waals surface area contributed by atoms with Gasteiger partial charge in [0.25, 0.3) is 0 Å². The highest BCUT2D eigenvalue weighted by Gasteiger charge is 2.32. The monoisotopic (exact) mass is 379 g/mol. The van der Waals surface area contributed by atoms with Crippen LogP contribution in [0.5, 0.6) is 5.75 Å². The van der Waals surface area contributed by atoms with Crippen LogP contribution in [0.2, 0.25) is 0 Å². The molecule has 0 aliphatic heterocycles. The maximum Gasteiger partial charge on any atom is 0.408 e. The van der Waals surface area contributed by atoms with Crippen LogP contribution in [0, 0.1) is 0 Å². The second-order valence-corrected chi connectivity index (χ2v) is 7.48. The lowest BCUT2D eigenvalue weighted by atomic mass is 9.90. The molecule has 4 heteroatoms. The summed E-state index contributed by atoms with van der Waals surface area (Å²) in [5.41, 5.74) is 3.98. The maximum absolute atomic E-state index is 12.0. The van der Waals surface area contributed by atoms with E-state index in [0.717, 1.165) is 27.8 Å². The number of para-hydroxylation sites is 1. The van der Waals surface area contributed by atoms with Gasteiger partial charge < -0.3 is 9.84 Å². The van der Waals surface area contributed by atoms with Gasteiger partial charge in [0.15, 0.2) is 0 Å². The number of ether oxygens (including phenoxy) is 1.